The molecule has 5 atom stereocenters. The van der Waals surface area contributed by atoms with Gasteiger partial charge in [0.25, 0.3) is 5.91 Å². The topological polar surface area (TPSA) is 140 Å². The fraction of sp³-hybridized carbons (Fsp3) is 0.308. The van der Waals surface area contributed by atoms with Crippen molar-refractivity contribution in [3.8, 4) is 11.5 Å². The minimum atomic E-state index is -1.29. The van der Waals surface area contributed by atoms with Crippen molar-refractivity contribution >= 4 is 47.5 Å². The maximum atomic E-state index is 14.2. The molecule has 0 aliphatic carbocycles. The predicted molar refractivity (Wildman–Crippen MR) is 267 cm³/mol. The highest BCUT2D eigenvalue weighted by molar-refractivity contribution is 8.53. The van der Waals surface area contributed by atoms with Crippen LogP contribution >= 0.6 is 30.6 Å². The molecule has 1 N–H and O–H groups in total. The second kappa shape index (κ2) is 21.5. The Kier molecular flexibility index (Phi) is 15.1. The van der Waals surface area contributed by atoms with E-state index in [-0.39, 0.29) is 30.1 Å². The zero-order valence-corrected chi connectivity index (χ0v) is 40.6. The van der Waals surface area contributed by atoms with Gasteiger partial charge >= 0.3 is 5.69 Å². The van der Waals surface area contributed by atoms with E-state index in [0.717, 1.165) is 42.6 Å². The summed E-state index contributed by atoms with van der Waals surface area (Å²) in [6.07, 6.45) is 1.34. The quantitative estimate of drug-likeness (QED) is 0.0469. The summed E-state index contributed by atoms with van der Waals surface area (Å²) < 4.78 is 43.8. The van der Waals surface area contributed by atoms with Crippen molar-refractivity contribution in [3.05, 3.63) is 190 Å². The molecule has 3 saturated heterocycles. The van der Waals surface area contributed by atoms with Crippen LogP contribution in [0, 0.1) is 6.92 Å². The molecule has 0 saturated carbocycles. The zero-order valence-electron chi connectivity index (χ0n) is 38.0. The zero-order chi connectivity index (χ0) is 47.1. The van der Waals surface area contributed by atoms with Gasteiger partial charge in [-0.3, -0.25) is 18.8 Å². The van der Waals surface area contributed by atoms with Crippen molar-refractivity contribution in [2.24, 2.45) is 0 Å². The van der Waals surface area contributed by atoms with Crippen LogP contribution in [-0.2, 0) is 24.3 Å². The van der Waals surface area contributed by atoms with Crippen LogP contribution in [0.1, 0.15) is 62.0 Å². The first-order valence-corrected chi connectivity index (χ1v) is 26.3. The summed E-state index contributed by atoms with van der Waals surface area (Å²) in [6.45, 7) is 3.62. The van der Waals surface area contributed by atoms with Crippen molar-refractivity contribution in [2.45, 2.75) is 49.4 Å². The molecule has 5 aromatic carbocycles. The molecule has 1 aromatic heterocycles. The molecule has 6 aromatic rings. The van der Waals surface area contributed by atoms with Crippen LogP contribution < -0.4 is 20.5 Å². The van der Waals surface area contributed by atoms with E-state index in [1.54, 1.807) is 63.0 Å². The highest BCUT2D eigenvalue weighted by Gasteiger charge is 2.65. The van der Waals surface area contributed by atoms with Crippen LogP contribution in [0.4, 0.5) is 5.82 Å². The SMILES string of the molecule is COc1ccc(C(OC[C@]23COC(C2OP(SCCSC(=O)c2ccccc2)N2CCCC2)[C@H](n2cc(C)c(NC(=O)c4ccccc4)nc2=O)O3)(c2ccccc2)c2ccc(OC)cc2)cc1. The van der Waals surface area contributed by atoms with Crippen molar-refractivity contribution < 1.29 is 37.8 Å². The maximum absolute atomic E-state index is 14.2. The number of nitrogens with zero attached hydrogens (tertiary/aromatic N) is 3. The van der Waals surface area contributed by atoms with Gasteiger partial charge in [-0.2, -0.15) is 4.98 Å². The Morgan fingerprint density at radius 2 is 1.37 bits per heavy atom. The van der Waals surface area contributed by atoms with Crippen molar-refractivity contribution in [1.29, 1.82) is 0 Å². The van der Waals surface area contributed by atoms with Crippen LogP contribution in [0.15, 0.2) is 151 Å². The second-order valence-corrected chi connectivity index (χ2v) is 21.4. The first-order chi connectivity index (χ1) is 33.2. The minimum absolute atomic E-state index is 0.0146. The van der Waals surface area contributed by atoms with Gasteiger partial charge in [0, 0.05) is 47.5 Å². The van der Waals surface area contributed by atoms with Crippen molar-refractivity contribution in [2.75, 3.05) is 57.3 Å². The van der Waals surface area contributed by atoms with Gasteiger partial charge in [-0.1, -0.05) is 126 Å². The number of fused-ring (bicyclic) bond motifs is 2. The summed E-state index contributed by atoms with van der Waals surface area (Å²) in [7, 11) is 1.98. The van der Waals surface area contributed by atoms with Gasteiger partial charge in [-0.15, -0.1) is 0 Å². The summed E-state index contributed by atoms with van der Waals surface area (Å²) in [5.41, 5.74) is 1.19. The van der Waals surface area contributed by atoms with E-state index in [2.05, 4.69) is 15.0 Å². The second-order valence-electron chi connectivity index (χ2n) is 16.7. The monoisotopic (exact) mass is 972 g/mol. The van der Waals surface area contributed by atoms with Crippen LogP contribution in [-0.4, -0.2) is 95.1 Å². The number of anilines is 1. The molecule has 4 heterocycles. The Bertz CT molecular complexity index is 2670. The number of amides is 1. The number of carbonyl (C=O) groups excluding carboxylic acids is 2. The van der Waals surface area contributed by atoms with Crippen LogP contribution in [0.5, 0.6) is 11.5 Å². The fourth-order valence-corrected chi connectivity index (χ4v) is 14.2. The van der Waals surface area contributed by atoms with E-state index < -0.39 is 42.8 Å². The third kappa shape index (κ3) is 10.0. The molecular formula is C52H53N4O9PS2. The summed E-state index contributed by atoms with van der Waals surface area (Å²) in [4.78, 5) is 44.7. The minimum Gasteiger partial charge on any atom is -0.497 e. The van der Waals surface area contributed by atoms with Gasteiger partial charge in [0.15, 0.2) is 13.7 Å². The van der Waals surface area contributed by atoms with E-state index >= 15 is 0 Å². The number of thioether (sulfide) groups is 1. The highest BCUT2D eigenvalue weighted by atomic mass is 32.7. The van der Waals surface area contributed by atoms with Gasteiger partial charge in [-0.25, -0.2) is 4.79 Å². The van der Waals surface area contributed by atoms with Gasteiger partial charge in [-0.05, 0) is 72.9 Å². The first kappa shape index (κ1) is 47.7. The molecule has 3 aliphatic rings. The van der Waals surface area contributed by atoms with Gasteiger partial charge in [0.05, 0.1) is 27.4 Å². The summed E-state index contributed by atoms with van der Waals surface area (Å²) in [6, 6.07) is 43.8. The lowest BCUT2D eigenvalue weighted by molar-refractivity contribution is -0.203. The number of aromatic nitrogens is 2. The molecule has 3 unspecified atom stereocenters. The number of hydrogen-bond donors (Lipinski definition) is 1. The largest absolute Gasteiger partial charge is 0.497 e. The lowest BCUT2D eigenvalue weighted by Gasteiger charge is -2.40. The van der Waals surface area contributed by atoms with Gasteiger partial charge in [0.2, 0.25) is 5.12 Å². The first-order valence-electron chi connectivity index (χ1n) is 22.5. The van der Waals surface area contributed by atoms with E-state index in [1.165, 1.54) is 16.3 Å². The Hall–Kier alpha value is -5.35. The van der Waals surface area contributed by atoms with Crippen molar-refractivity contribution in [1.82, 2.24) is 14.2 Å². The molecule has 3 aliphatic heterocycles. The van der Waals surface area contributed by atoms with Crippen LogP contribution in [0.2, 0.25) is 0 Å². The molecule has 0 spiro atoms. The Labute approximate surface area is 405 Å². The number of ether oxygens (including phenoxy) is 5. The molecule has 13 nitrogen and oxygen atoms in total. The molecule has 3 fully saturated rings. The average molecular weight is 973 g/mol. The van der Waals surface area contributed by atoms with Crippen LogP contribution in [0.3, 0.4) is 0 Å². The number of hydrogen-bond acceptors (Lipinski definition) is 13. The van der Waals surface area contributed by atoms with Gasteiger partial charge < -0.3 is 33.5 Å². The summed E-state index contributed by atoms with van der Waals surface area (Å²) >= 11 is 3.00. The number of methoxy groups -OCH3 is 2. The maximum Gasteiger partial charge on any atom is 0.351 e. The number of carbonyl (C=O) groups is 2. The number of benzene rings is 5. The Morgan fingerprint density at radius 3 is 1.97 bits per heavy atom. The fourth-order valence-electron chi connectivity index (χ4n) is 8.87. The molecule has 68 heavy (non-hydrogen) atoms. The van der Waals surface area contributed by atoms with E-state index in [1.807, 2.05) is 115 Å². The smallest absolute Gasteiger partial charge is 0.351 e. The molecule has 1 amide bonds. The third-order valence-electron chi connectivity index (χ3n) is 12.4. The lowest BCUT2D eigenvalue weighted by atomic mass is 9.79. The van der Waals surface area contributed by atoms with E-state index in [0.29, 0.717) is 39.7 Å². The summed E-state index contributed by atoms with van der Waals surface area (Å²) in [5.74, 6) is 2.43. The molecule has 352 valence electrons. The normalized spacial score (nSPS) is 20.5. The lowest BCUT2D eigenvalue weighted by Crippen LogP contribution is -2.49. The molecule has 9 rings (SSSR count). The number of rotatable bonds is 19. The van der Waals surface area contributed by atoms with E-state index in [4.69, 9.17) is 28.2 Å². The predicted octanol–water partition coefficient (Wildman–Crippen LogP) is 9.51. The summed E-state index contributed by atoms with van der Waals surface area (Å²) in [5, 5.41) is 2.84. The number of aryl methyl sites for hydroxylation is 1. The van der Waals surface area contributed by atoms with Crippen LogP contribution in [0.25, 0.3) is 0 Å². The van der Waals surface area contributed by atoms with Crippen molar-refractivity contribution in [3.63, 3.8) is 0 Å². The average Bonchev–Trinajstić information content (AvgIpc) is 4.12. The van der Waals surface area contributed by atoms with E-state index in [9.17, 15) is 14.4 Å². The highest BCUT2D eigenvalue weighted by Crippen LogP contribution is 2.61. The molecule has 0 radical (unpaired) electrons. The number of nitrogens with one attached hydrogen (secondary N) is 1. The third-order valence-corrected chi connectivity index (χ3v) is 17.6. The Balaban J connectivity index is 1.08. The molecular weight excluding hydrogens is 920 g/mol. The standard InChI is InChI=1S/C52H53N4O9PS2/c1-36-33-56(50(59)54-46(36)53-47(57)37-15-7-4-8-16-37)48-44-45(65-66(55-29-13-14-30-55)68-32-31-67-49(58)38-17-9-5-10-18-38)51(64-48,34-62-44)35-63-52(39-19-11-6-12-20-39,40-21-25-42(60-2)26-22-40)41-23-27-43(61-3)28-24-41/h4-12,15-28,33,44-45,48H,13-14,29-32,34-35H2,1-3H3,(H,53,54,57,59)/t44?,45?,48-,51-,66?/m1/s1. The molecule has 16 heteroatoms. The Morgan fingerprint density at radius 1 is 0.794 bits per heavy atom. The molecule has 2 bridgehead atoms. The van der Waals surface area contributed by atoms with Gasteiger partial charge in [0.1, 0.15) is 40.7 Å².